The number of hydrogen-bond acceptors (Lipinski definition) is 2. The summed E-state index contributed by atoms with van der Waals surface area (Å²) in [7, 11) is 0. The first-order chi connectivity index (χ1) is 8.38. The maximum Gasteiger partial charge on any atom is 0.416 e. The minimum absolute atomic E-state index is 0. The van der Waals surface area contributed by atoms with Crippen molar-refractivity contribution in [2.24, 2.45) is 5.73 Å². The summed E-state index contributed by atoms with van der Waals surface area (Å²) in [5, 5.41) is 0. The van der Waals surface area contributed by atoms with Gasteiger partial charge in [-0.1, -0.05) is 6.92 Å². The number of nitrogens with two attached hydrogens (primary N) is 1. The lowest BCUT2D eigenvalue weighted by molar-refractivity contribution is -0.137. The molecule has 0 aliphatic heterocycles. The number of ether oxygens (including phenoxy) is 1. The van der Waals surface area contributed by atoms with Gasteiger partial charge in [-0.05, 0) is 43.5 Å². The molecule has 1 unspecified atom stereocenters. The van der Waals surface area contributed by atoms with E-state index in [0.29, 0.717) is 30.8 Å². The maximum absolute atomic E-state index is 12.6. The lowest BCUT2D eigenvalue weighted by Crippen LogP contribution is -2.22. The second-order valence-corrected chi connectivity index (χ2v) is 4.13. The lowest BCUT2D eigenvalue weighted by atomic mass is 10.0. The maximum atomic E-state index is 12.6. The van der Waals surface area contributed by atoms with Gasteiger partial charge in [0.15, 0.2) is 0 Å². The van der Waals surface area contributed by atoms with Crippen molar-refractivity contribution in [1.82, 2.24) is 0 Å². The van der Waals surface area contributed by atoms with Crippen LogP contribution in [-0.4, -0.2) is 12.6 Å². The lowest BCUT2D eigenvalue weighted by Gasteiger charge is -2.16. The van der Waals surface area contributed by atoms with E-state index in [1.54, 1.807) is 6.92 Å². The van der Waals surface area contributed by atoms with E-state index in [1.165, 1.54) is 6.07 Å². The molecule has 2 nitrogen and oxygen atoms in total. The summed E-state index contributed by atoms with van der Waals surface area (Å²) < 4.78 is 43.2. The predicted molar refractivity (Wildman–Crippen MR) is 71.8 cm³/mol. The first kappa shape index (κ1) is 18.1. The Morgan fingerprint density at radius 1 is 1.26 bits per heavy atom. The molecule has 0 spiro atoms. The van der Waals surface area contributed by atoms with E-state index in [4.69, 9.17) is 10.5 Å². The van der Waals surface area contributed by atoms with Crippen LogP contribution in [0, 0.1) is 0 Å². The van der Waals surface area contributed by atoms with Crippen molar-refractivity contribution in [3.05, 3.63) is 29.3 Å². The van der Waals surface area contributed by atoms with Crippen LogP contribution < -0.4 is 10.5 Å². The Morgan fingerprint density at radius 2 is 1.89 bits per heavy atom. The summed E-state index contributed by atoms with van der Waals surface area (Å²) >= 11 is 0. The number of benzene rings is 1. The molecular weight excluding hydrogens is 279 g/mol. The highest BCUT2D eigenvalue weighted by atomic mass is 35.5. The van der Waals surface area contributed by atoms with E-state index < -0.39 is 11.7 Å². The largest absolute Gasteiger partial charge is 0.494 e. The summed E-state index contributed by atoms with van der Waals surface area (Å²) in [5.74, 6) is 0.481. The van der Waals surface area contributed by atoms with E-state index in [-0.39, 0.29) is 18.4 Å². The monoisotopic (exact) mass is 297 g/mol. The summed E-state index contributed by atoms with van der Waals surface area (Å²) in [6, 6.07) is 3.36. The molecule has 0 aromatic heterocycles. The van der Waals surface area contributed by atoms with Crippen LogP contribution in [0.3, 0.4) is 0 Å². The van der Waals surface area contributed by atoms with E-state index in [9.17, 15) is 13.2 Å². The number of halogens is 4. The summed E-state index contributed by atoms with van der Waals surface area (Å²) in [6.07, 6.45) is -3.24. The molecule has 1 aromatic carbocycles. The zero-order valence-corrected chi connectivity index (χ0v) is 11.8. The van der Waals surface area contributed by atoms with Crippen molar-refractivity contribution >= 4 is 12.4 Å². The normalized spacial score (nSPS) is 12.7. The zero-order chi connectivity index (χ0) is 13.8. The van der Waals surface area contributed by atoms with Gasteiger partial charge in [0.2, 0.25) is 0 Å². The molecular formula is C13H19ClF3NO. The van der Waals surface area contributed by atoms with E-state index in [1.807, 2.05) is 6.92 Å². The third kappa shape index (κ3) is 5.28. The molecule has 110 valence electrons. The fourth-order valence-corrected chi connectivity index (χ4v) is 1.64. The van der Waals surface area contributed by atoms with Gasteiger partial charge in [-0.3, -0.25) is 0 Å². The van der Waals surface area contributed by atoms with Gasteiger partial charge in [-0.15, -0.1) is 12.4 Å². The second-order valence-electron chi connectivity index (χ2n) is 4.13. The Balaban J connectivity index is 0.00000324. The first-order valence-corrected chi connectivity index (χ1v) is 5.97. The van der Waals surface area contributed by atoms with E-state index in [0.717, 1.165) is 12.1 Å². The van der Waals surface area contributed by atoms with Crippen LogP contribution in [0.5, 0.6) is 5.75 Å². The molecule has 0 bridgehead atoms. The molecule has 0 saturated heterocycles. The Hall–Kier alpha value is -0.940. The van der Waals surface area contributed by atoms with Crippen molar-refractivity contribution in [3.63, 3.8) is 0 Å². The summed E-state index contributed by atoms with van der Waals surface area (Å²) in [6.45, 7) is 4.11. The molecule has 2 N–H and O–H groups in total. The highest BCUT2D eigenvalue weighted by molar-refractivity contribution is 5.85. The average Bonchev–Trinajstić information content (AvgIpc) is 2.30. The second kappa shape index (κ2) is 7.60. The smallest absolute Gasteiger partial charge is 0.416 e. The molecule has 0 amide bonds. The van der Waals surface area contributed by atoms with Crippen LogP contribution >= 0.6 is 12.4 Å². The standard InChI is InChI=1S/C13H18F3NO.ClH/c1-3-11(17)8-9-7-10(13(14,15)16)5-6-12(9)18-4-2;/h5-7,11H,3-4,8,17H2,1-2H3;1H. The van der Waals surface area contributed by atoms with Crippen LogP contribution in [0.1, 0.15) is 31.4 Å². The van der Waals surface area contributed by atoms with Gasteiger partial charge in [0.1, 0.15) is 5.75 Å². The number of alkyl halides is 3. The van der Waals surface area contributed by atoms with Gasteiger partial charge in [0.05, 0.1) is 12.2 Å². The van der Waals surface area contributed by atoms with Gasteiger partial charge in [0, 0.05) is 6.04 Å². The van der Waals surface area contributed by atoms with Crippen LogP contribution in [-0.2, 0) is 12.6 Å². The number of hydrogen-bond donors (Lipinski definition) is 1. The molecule has 0 fully saturated rings. The average molecular weight is 298 g/mol. The van der Waals surface area contributed by atoms with Crippen LogP contribution in [0.15, 0.2) is 18.2 Å². The summed E-state index contributed by atoms with van der Waals surface area (Å²) in [4.78, 5) is 0. The van der Waals surface area contributed by atoms with E-state index in [2.05, 4.69) is 0 Å². The van der Waals surface area contributed by atoms with Crippen molar-refractivity contribution in [3.8, 4) is 5.75 Å². The molecule has 1 atom stereocenters. The van der Waals surface area contributed by atoms with Gasteiger partial charge >= 0.3 is 6.18 Å². The molecule has 0 aliphatic rings. The molecule has 19 heavy (non-hydrogen) atoms. The van der Waals surface area contributed by atoms with Crippen molar-refractivity contribution in [2.45, 2.75) is 38.9 Å². The Morgan fingerprint density at radius 3 is 2.37 bits per heavy atom. The molecule has 0 radical (unpaired) electrons. The highest BCUT2D eigenvalue weighted by Gasteiger charge is 2.31. The molecule has 1 rings (SSSR count). The van der Waals surface area contributed by atoms with Gasteiger partial charge < -0.3 is 10.5 Å². The molecule has 0 aliphatic carbocycles. The minimum atomic E-state index is -4.34. The zero-order valence-electron chi connectivity index (χ0n) is 11.0. The van der Waals surface area contributed by atoms with Gasteiger partial charge in [-0.2, -0.15) is 13.2 Å². The minimum Gasteiger partial charge on any atom is -0.494 e. The predicted octanol–water partition coefficient (Wildman–Crippen LogP) is 3.81. The number of rotatable bonds is 5. The molecule has 6 heteroatoms. The third-order valence-electron chi connectivity index (χ3n) is 2.69. The van der Waals surface area contributed by atoms with E-state index >= 15 is 0 Å². The fraction of sp³-hybridized carbons (Fsp3) is 0.538. The SMILES string of the molecule is CCOc1ccc(C(F)(F)F)cc1CC(N)CC.Cl. The molecule has 0 saturated carbocycles. The highest BCUT2D eigenvalue weighted by Crippen LogP contribution is 2.33. The van der Waals surface area contributed by atoms with Crippen LogP contribution in [0.25, 0.3) is 0 Å². The molecule has 0 heterocycles. The van der Waals surface area contributed by atoms with Crippen LogP contribution in [0.2, 0.25) is 0 Å². The fourth-order valence-electron chi connectivity index (χ4n) is 1.64. The topological polar surface area (TPSA) is 35.2 Å². The van der Waals surface area contributed by atoms with Gasteiger partial charge in [0.25, 0.3) is 0 Å². The van der Waals surface area contributed by atoms with Crippen molar-refractivity contribution in [2.75, 3.05) is 6.61 Å². The first-order valence-electron chi connectivity index (χ1n) is 5.97. The Bertz CT molecular complexity index is 396. The summed E-state index contributed by atoms with van der Waals surface area (Å²) in [5.41, 5.74) is 5.64. The van der Waals surface area contributed by atoms with Crippen LogP contribution in [0.4, 0.5) is 13.2 Å². The van der Waals surface area contributed by atoms with Crippen molar-refractivity contribution in [1.29, 1.82) is 0 Å². The Kier molecular flexibility index (Phi) is 7.23. The Labute approximate surface area is 117 Å². The van der Waals surface area contributed by atoms with Crippen molar-refractivity contribution < 1.29 is 17.9 Å². The third-order valence-corrected chi connectivity index (χ3v) is 2.69. The molecule has 1 aromatic rings. The van der Waals surface area contributed by atoms with Gasteiger partial charge in [-0.25, -0.2) is 0 Å². The quantitative estimate of drug-likeness (QED) is 0.897.